The maximum Gasteiger partial charge on any atom is 0.240 e. The molecular weight excluding hydrogens is 251 g/mol. The smallest absolute Gasteiger partial charge is 0.240 e. The molecule has 0 saturated carbocycles. The van der Waals surface area contributed by atoms with Crippen LogP contribution in [0, 0.1) is 5.82 Å². The van der Waals surface area contributed by atoms with Crippen LogP contribution >= 0.6 is 15.9 Å². The van der Waals surface area contributed by atoms with Crippen molar-refractivity contribution in [1.82, 2.24) is 4.98 Å². The Kier molecular flexibility index (Phi) is 3.21. The van der Waals surface area contributed by atoms with Crippen LogP contribution in [0.1, 0.15) is 13.8 Å². The van der Waals surface area contributed by atoms with Crippen LogP contribution in [0.5, 0.6) is 0 Å². The second-order valence-corrected chi connectivity index (χ2v) is 5.26. The largest absolute Gasteiger partial charge is 0.322 e. The van der Waals surface area contributed by atoms with Gasteiger partial charge in [-0.3, -0.25) is 9.78 Å². The van der Waals surface area contributed by atoms with Gasteiger partial charge in [0.15, 0.2) is 5.82 Å². The normalized spacial score (nSPS) is 11.1. The molecule has 0 fully saturated rings. The first kappa shape index (κ1) is 11.1. The van der Waals surface area contributed by atoms with Gasteiger partial charge in [0.1, 0.15) is 0 Å². The van der Waals surface area contributed by atoms with E-state index in [2.05, 4.69) is 26.2 Å². The van der Waals surface area contributed by atoms with Gasteiger partial charge in [-0.1, -0.05) is 15.9 Å². The number of hydrogen-bond acceptors (Lipinski definition) is 2. The van der Waals surface area contributed by atoms with E-state index in [0.717, 1.165) is 6.20 Å². The minimum absolute atomic E-state index is 0.137. The summed E-state index contributed by atoms with van der Waals surface area (Å²) < 4.78 is 12.3. The van der Waals surface area contributed by atoms with Crippen LogP contribution in [0.15, 0.2) is 18.5 Å². The van der Waals surface area contributed by atoms with E-state index < -0.39 is 10.1 Å². The van der Waals surface area contributed by atoms with Crippen molar-refractivity contribution in [2.24, 2.45) is 0 Å². The third-order valence-electron chi connectivity index (χ3n) is 1.56. The summed E-state index contributed by atoms with van der Waals surface area (Å²) >= 11 is 3.18. The zero-order valence-corrected chi connectivity index (χ0v) is 9.43. The van der Waals surface area contributed by atoms with Crippen LogP contribution in [-0.2, 0) is 4.79 Å². The molecule has 0 aliphatic carbocycles. The molecular formula is C9H10BrFN2O. The van der Waals surface area contributed by atoms with E-state index in [4.69, 9.17) is 0 Å². The van der Waals surface area contributed by atoms with Crippen molar-refractivity contribution in [3.8, 4) is 0 Å². The number of amides is 1. The standard InChI is InChI=1S/C9H10BrFN2O/c1-9(2,10)8(14)13-7-3-4-12-5-6(7)11/h3-5H,1-2H3,(H,12,13,14). The minimum atomic E-state index is -0.720. The molecule has 0 atom stereocenters. The zero-order valence-electron chi connectivity index (χ0n) is 7.84. The second-order valence-electron chi connectivity index (χ2n) is 3.28. The number of hydrogen-bond donors (Lipinski definition) is 1. The molecule has 1 aromatic rings. The fourth-order valence-electron chi connectivity index (χ4n) is 0.748. The van der Waals surface area contributed by atoms with Gasteiger partial charge in [0.25, 0.3) is 0 Å². The highest BCUT2D eigenvalue weighted by atomic mass is 79.9. The van der Waals surface area contributed by atoms with Crippen LogP contribution in [0.2, 0.25) is 0 Å². The average Bonchev–Trinajstić information content (AvgIpc) is 2.07. The Morgan fingerprint density at radius 1 is 1.64 bits per heavy atom. The number of rotatable bonds is 2. The number of alkyl halides is 1. The highest BCUT2D eigenvalue weighted by Crippen LogP contribution is 2.19. The van der Waals surface area contributed by atoms with Crippen molar-refractivity contribution in [3.05, 3.63) is 24.3 Å². The Hall–Kier alpha value is -0.970. The lowest BCUT2D eigenvalue weighted by Gasteiger charge is -2.15. The van der Waals surface area contributed by atoms with Gasteiger partial charge in [-0.15, -0.1) is 0 Å². The summed E-state index contributed by atoms with van der Waals surface area (Å²) in [4.78, 5) is 15.0. The van der Waals surface area contributed by atoms with Gasteiger partial charge in [0.05, 0.1) is 16.2 Å². The first-order chi connectivity index (χ1) is 6.41. The highest BCUT2D eigenvalue weighted by Gasteiger charge is 2.24. The maximum absolute atomic E-state index is 13.0. The monoisotopic (exact) mass is 260 g/mol. The summed E-state index contributed by atoms with van der Waals surface area (Å²) in [5.74, 6) is -0.847. The lowest BCUT2D eigenvalue weighted by Crippen LogP contribution is -2.31. The highest BCUT2D eigenvalue weighted by molar-refractivity contribution is 9.10. The van der Waals surface area contributed by atoms with E-state index in [1.54, 1.807) is 13.8 Å². The average molecular weight is 261 g/mol. The predicted molar refractivity (Wildman–Crippen MR) is 55.8 cm³/mol. The molecule has 1 aromatic heterocycles. The van der Waals surface area contributed by atoms with E-state index in [0.29, 0.717) is 0 Å². The van der Waals surface area contributed by atoms with Gasteiger partial charge in [0, 0.05) is 6.20 Å². The number of anilines is 1. The second kappa shape index (κ2) is 4.04. The van der Waals surface area contributed by atoms with E-state index in [-0.39, 0.29) is 11.6 Å². The van der Waals surface area contributed by atoms with E-state index in [9.17, 15) is 9.18 Å². The fourth-order valence-corrected chi connectivity index (χ4v) is 0.847. The van der Waals surface area contributed by atoms with Crippen LogP contribution in [-0.4, -0.2) is 15.2 Å². The number of pyridine rings is 1. The molecule has 1 rings (SSSR count). The summed E-state index contributed by atoms with van der Waals surface area (Å²) in [6, 6.07) is 1.41. The summed E-state index contributed by atoms with van der Waals surface area (Å²) in [5.41, 5.74) is 0.137. The number of carbonyl (C=O) groups is 1. The Morgan fingerprint density at radius 2 is 2.29 bits per heavy atom. The summed E-state index contributed by atoms with van der Waals surface area (Å²) in [5, 5.41) is 2.45. The molecule has 0 aliphatic heterocycles. The molecule has 1 heterocycles. The molecule has 0 unspecified atom stereocenters. The summed E-state index contributed by atoms with van der Waals surface area (Å²) in [6.45, 7) is 3.36. The molecule has 0 spiro atoms. The number of nitrogens with zero attached hydrogens (tertiary/aromatic N) is 1. The van der Waals surface area contributed by atoms with Crippen molar-refractivity contribution in [1.29, 1.82) is 0 Å². The molecule has 0 aromatic carbocycles. The number of carbonyl (C=O) groups excluding carboxylic acids is 1. The van der Waals surface area contributed by atoms with Gasteiger partial charge < -0.3 is 5.32 Å². The van der Waals surface area contributed by atoms with Crippen LogP contribution < -0.4 is 5.32 Å². The Morgan fingerprint density at radius 3 is 2.79 bits per heavy atom. The Balaban J connectivity index is 2.80. The lowest BCUT2D eigenvalue weighted by atomic mass is 10.2. The number of halogens is 2. The van der Waals surface area contributed by atoms with Crippen LogP contribution in [0.3, 0.4) is 0 Å². The van der Waals surface area contributed by atoms with Gasteiger partial charge in [0.2, 0.25) is 5.91 Å². The van der Waals surface area contributed by atoms with E-state index >= 15 is 0 Å². The molecule has 14 heavy (non-hydrogen) atoms. The molecule has 0 bridgehead atoms. The maximum atomic E-state index is 13.0. The predicted octanol–water partition coefficient (Wildman–Crippen LogP) is 2.33. The lowest BCUT2D eigenvalue weighted by molar-refractivity contribution is -0.117. The summed E-state index contributed by atoms with van der Waals surface area (Å²) in [7, 11) is 0. The van der Waals surface area contributed by atoms with Crippen molar-refractivity contribution in [3.63, 3.8) is 0 Å². The quantitative estimate of drug-likeness (QED) is 0.830. The van der Waals surface area contributed by atoms with Crippen molar-refractivity contribution in [2.45, 2.75) is 18.2 Å². The third kappa shape index (κ3) is 2.77. The Bertz CT molecular complexity index is 349. The first-order valence-corrected chi connectivity index (χ1v) is 4.80. The first-order valence-electron chi connectivity index (χ1n) is 4.01. The van der Waals surface area contributed by atoms with E-state index in [1.807, 2.05) is 0 Å². The molecule has 76 valence electrons. The topological polar surface area (TPSA) is 42.0 Å². The molecule has 1 N–H and O–H groups in total. The number of aromatic nitrogens is 1. The zero-order chi connectivity index (χ0) is 10.8. The SMILES string of the molecule is CC(C)(Br)C(=O)Nc1ccncc1F. The van der Waals surface area contributed by atoms with Crippen LogP contribution in [0.4, 0.5) is 10.1 Å². The minimum Gasteiger partial charge on any atom is -0.322 e. The molecule has 0 radical (unpaired) electrons. The van der Waals surface area contributed by atoms with Gasteiger partial charge in [-0.25, -0.2) is 4.39 Å². The van der Waals surface area contributed by atoms with Crippen LogP contribution in [0.25, 0.3) is 0 Å². The molecule has 5 heteroatoms. The molecule has 0 aliphatic rings. The van der Waals surface area contributed by atoms with Crippen molar-refractivity contribution < 1.29 is 9.18 Å². The molecule has 0 saturated heterocycles. The number of nitrogens with one attached hydrogen (secondary N) is 1. The summed E-state index contributed by atoms with van der Waals surface area (Å²) in [6.07, 6.45) is 2.47. The van der Waals surface area contributed by atoms with Crippen molar-refractivity contribution in [2.75, 3.05) is 5.32 Å². The molecule has 1 amide bonds. The van der Waals surface area contributed by atoms with E-state index in [1.165, 1.54) is 12.3 Å². The third-order valence-corrected chi connectivity index (χ3v) is 1.92. The van der Waals surface area contributed by atoms with Gasteiger partial charge >= 0.3 is 0 Å². The van der Waals surface area contributed by atoms with Crippen molar-refractivity contribution >= 4 is 27.5 Å². The fraction of sp³-hybridized carbons (Fsp3) is 0.333. The van der Waals surface area contributed by atoms with Gasteiger partial charge in [-0.05, 0) is 19.9 Å². The molecule has 3 nitrogen and oxygen atoms in total. The Labute approximate surface area is 89.9 Å². The van der Waals surface area contributed by atoms with Gasteiger partial charge in [-0.2, -0.15) is 0 Å².